The number of rotatable bonds is 13. The molecule has 2 amide bonds. The summed E-state index contributed by atoms with van der Waals surface area (Å²) in [4.78, 5) is 23.8. The van der Waals surface area contributed by atoms with Gasteiger partial charge in [0.2, 0.25) is 0 Å². The Morgan fingerprint density at radius 2 is 1.86 bits per heavy atom. The van der Waals surface area contributed by atoms with Crippen LogP contribution < -0.4 is 15.5 Å². The van der Waals surface area contributed by atoms with Crippen molar-refractivity contribution >= 4 is 17.7 Å². The molecule has 9 nitrogen and oxygen atoms in total. The number of allylic oxidation sites excluding steroid dienone is 3. The first-order valence-corrected chi connectivity index (χ1v) is 11.3. The van der Waals surface area contributed by atoms with Gasteiger partial charge in [0, 0.05) is 19.3 Å². The lowest BCUT2D eigenvalue weighted by Gasteiger charge is -2.26. The van der Waals surface area contributed by atoms with Crippen LogP contribution in [-0.2, 0) is 14.3 Å². The Morgan fingerprint density at radius 1 is 1.14 bits per heavy atom. The minimum Gasteiger partial charge on any atom is -0.491 e. The molecule has 0 aliphatic rings. The fourth-order valence-corrected chi connectivity index (χ4v) is 3.33. The highest BCUT2D eigenvalue weighted by Gasteiger charge is 2.27. The number of carbonyl (C=O) groups is 2. The minimum atomic E-state index is -0.970. The summed E-state index contributed by atoms with van der Waals surface area (Å²) in [6.45, 7) is 1.66. The quantitative estimate of drug-likeness (QED) is 0.133. The van der Waals surface area contributed by atoms with Crippen molar-refractivity contribution in [3.05, 3.63) is 83.5 Å². The van der Waals surface area contributed by atoms with E-state index in [9.17, 15) is 18.4 Å². The molecule has 0 aliphatic heterocycles. The molecule has 4 N–H and O–H groups in total. The lowest BCUT2D eigenvalue weighted by atomic mass is 10.00. The lowest BCUT2D eigenvalue weighted by Crippen LogP contribution is -2.28. The third kappa shape index (κ3) is 10.00. The van der Waals surface area contributed by atoms with Gasteiger partial charge in [0.05, 0.1) is 18.4 Å². The Kier molecular flexibility index (Phi) is 12.2. The smallest absolute Gasteiger partial charge is 0.412 e. The fraction of sp³-hybridized carbons (Fsp3) is 0.308. The third-order valence-electron chi connectivity index (χ3n) is 5.08. The molecule has 0 saturated heterocycles. The van der Waals surface area contributed by atoms with Crippen molar-refractivity contribution in [1.29, 1.82) is 0 Å². The molecule has 2 atom stereocenters. The van der Waals surface area contributed by atoms with E-state index in [-0.39, 0.29) is 18.9 Å². The first-order chi connectivity index (χ1) is 17.8. The summed E-state index contributed by atoms with van der Waals surface area (Å²) >= 11 is 0. The molecule has 0 aromatic heterocycles. The number of hydrogen-bond acceptors (Lipinski definition) is 7. The maximum Gasteiger partial charge on any atom is 0.412 e. The van der Waals surface area contributed by atoms with Crippen LogP contribution in [-0.4, -0.2) is 48.7 Å². The number of amides is 2. The average Bonchev–Trinajstić information content (AvgIpc) is 2.88. The number of hydroxylamine groups is 1. The maximum absolute atomic E-state index is 14.0. The summed E-state index contributed by atoms with van der Waals surface area (Å²) in [5.74, 6) is -1.89. The number of methoxy groups -OCH3 is 1. The summed E-state index contributed by atoms with van der Waals surface area (Å²) in [7, 11) is 1.46. The predicted molar refractivity (Wildman–Crippen MR) is 131 cm³/mol. The Labute approximate surface area is 213 Å². The zero-order valence-electron chi connectivity index (χ0n) is 20.4. The lowest BCUT2D eigenvalue weighted by molar-refractivity contribution is -0.124. The number of aliphatic hydroxyl groups excluding tert-OH is 1. The van der Waals surface area contributed by atoms with Crippen molar-refractivity contribution < 1.29 is 42.9 Å². The van der Waals surface area contributed by atoms with Crippen LogP contribution in [0.4, 0.5) is 19.3 Å². The van der Waals surface area contributed by atoms with Crippen LogP contribution in [0.5, 0.6) is 5.75 Å². The van der Waals surface area contributed by atoms with Gasteiger partial charge < -0.3 is 19.3 Å². The molecule has 0 radical (unpaired) electrons. The Balaban J connectivity index is 2.19. The number of aliphatic hydroxyl groups is 1. The second-order valence-electron chi connectivity index (χ2n) is 7.83. The first kappa shape index (κ1) is 29.4. The number of nitrogens with one attached hydrogen (secondary N) is 2. The van der Waals surface area contributed by atoms with Crippen molar-refractivity contribution in [2.24, 2.45) is 0 Å². The molecule has 2 rings (SSSR count). The van der Waals surface area contributed by atoms with Crippen LogP contribution in [0, 0.1) is 11.6 Å². The highest BCUT2D eigenvalue weighted by Crippen LogP contribution is 2.29. The topological polar surface area (TPSA) is 126 Å². The molecule has 0 heterocycles. The first-order valence-electron chi connectivity index (χ1n) is 11.3. The van der Waals surface area contributed by atoms with Gasteiger partial charge in [0.15, 0.2) is 6.10 Å². The molecule has 200 valence electrons. The van der Waals surface area contributed by atoms with Crippen LogP contribution in [0.2, 0.25) is 0 Å². The normalized spacial score (nSPS) is 13.2. The second kappa shape index (κ2) is 15.3. The van der Waals surface area contributed by atoms with E-state index in [1.807, 2.05) is 0 Å². The summed E-state index contributed by atoms with van der Waals surface area (Å²) in [5, 5.41) is 19.8. The molecular formula is C26H30F2N2O7. The molecular weight excluding hydrogens is 490 g/mol. The predicted octanol–water partition coefficient (Wildman–Crippen LogP) is 4.43. The standard InChI is InChI=1S/C26H30F2N2O7/c1-17(15-24(32)30-34)5-3-4-6-23(35-2)25(18-7-10-20(11-8-18)36-14-13-31)37-26(33)29-22-12-9-19(27)16-21(22)28/h3,5,7-12,15-16,23,25,31,34H,4,6,13-14H2,1-2H3,(H,29,33)(H,30,32)/b5-3+,17-15+/t23-,25-/m0/s1. The second-order valence-corrected chi connectivity index (χ2v) is 7.83. The van der Waals surface area contributed by atoms with E-state index in [2.05, 4.69) is 5.32 Å². The molecule has 0 saturated carbocycles. The van der Waals surface area contributed by atoms with Gasteiger partial charge in [-0.25, -0.2) is 19.1 Å². The molecule has 0 bridgehead atoms. The molecule has 0 spiro atoms. The number of hydrogen-bond donors (Lipinski definition) is 4. The van der Waals surface area contributed by atoms with Gasteiger partial charge in [-0.05, 0) is 55.2 Å². The molecule has 0 aliphatic carbocycles. The van der Waals surface area contributed by atoms with E-state index in [1.54, 1.807) is 43.3 Å². The van der Waals surface area contributed by atoms with E-state index in [0.717, 1.165) is 12.1 Å². The third-order valence-corrected chi connectivity index (χ3v) is 5.08. The van der Waals surface area contributed by atoms with Crippen molar-refractivity contribution in [3.8, 4) is 5.75 Å². The molecule has 2 aromatic rings. The molecule has 37 heavy (non-hydrogen) atoms. The monoisotopic (exact) mass is 520 g/mol. The van der Waals surface area contributed by atoms with E-state index in [4.69, 9.17) is 24.5 Å². The van der Waals surface area contributed by atoms with Crippen LogP contribution in [0.3, 0.4) is 0 Å². The van der Waals surface area contributed by atoms with Crippen LogP contribution >= 0.6 is 0 Å². The Morgan fingerprint density at radius 3 is 2.49 bits per heavy atom. The van der Waals surface area contributed by atoms with Gasteiger partial charge in [0.25, 0.3) is 5.91 Å². The van der Waals surface area contributed by atoms with Gasteiger partial charge in [-0.2, -0.15) is 0 Å². The number of benzene rings is 2. The van der Waals surface area contributed by atoms with Gasteiger partial charge in [-0.3, -0.25) is 15.3 Å². The molecule has 2 aromatic carbocycles. The fourth-order valence-electron chi connectivity index (χ4n) is 3.33. The van der Waals surface area contributed by atoms with Gasteiger partial charge >= 0.3 is 6.09 Å². The summed E-state index contributed by atoms with van der Waals surface area (Å²) < 4.78 is 43.8. The average molecular weight is 521 g/mol. The minimum absolute atomic E-state index is 0.117. The summed E-state index contributed by atoms with van der Waals surface area (Å²) in [6, 6.07) is 9.36. The zero-order chi connectivity index (χ0) is 27.2. The van der Waals surface area contributed by atoms with Crippen LogP contribution in [0.1, 0.15) is 31.4 Å². The summed E-state index contributed by atoms with van der Waals surface area (Å²) in [6.07, 6.45) is 3.08. The highest BCUT2D eigenvalue weighted by atomic mass is 19.1. The Hall–Kier alpha value is -3.80. The van der Waals surface area contributed by atoms with Gasteiger partial charge in [-0.1, -0.05) is 24.3 Å². The zero-order valence-corrected chi connectivity index (χ0v) is 20.4. The van der Waals surface area contributed by atoms with E-state index >= 15 is 0 Å². The van der Waals surface area contributed by atoms with Crippen molar-refractivity contribution in [2.45, 2.75) is 32.0 Å². The van der Waals surface area contributed by atoms with E-state index < -0.39 is 35.8 Å². The van der Waals surface area contributed by atoms with Gasteiger partial charge in [-0.15, -0.1) is 0 Å². The molecule has 0 fully saturated rings. The van der Waals surface area contributed by atoms with E-state index in [1.165, 1.54) is 18.7 Å². The number of halogens is 2. The molecule has 0 unspecified atom stereocenters. The van der Waals surface area contributed by atoms with Crippen LogP contribution in [0.15, 0.2) is 66.3 Å². The van der Waals surface area contributed by atoms with Gasteiger partial charge in [0.1, 0.15) is 24.0 Å². The van der Waals surface area contributed by atoms with Crippen molar-refractivity contribution in [2.75, 3.05) is 25.6 Å². The largest absolute Gasteiger partial charge is 0.491 e. The SMILES string of the molecule is CO[C@@H](CC/C=C/C(C)=C/C(=O)NO)[C@@H](OC(=O)Nc1ccc(F)cc1F)c1ccc(OCCO)cc1. The maximum atomic E-state index is 14.0. The number of carbonyl (C=O) groups excluding carboxylic acids is 2. The molecule has 11 heteroatoms. The summed E-state index contributed by atoms with van der Waals surface area (Å²) in [5.41, 5.74) is 2.44. The highest BCUT2D eigenvalue weighted by molar-refractivity contribution is 5.87. The Bertz CT molecular complexity index is 1090. The number of anilines is 1. The van der Waals surface area contributed by atoms with Crippen LogP contribution in [0.25, 0.3) is 0 Å². The van der Waals surface area contributed by atoms with Crippen molar-refractivity contribution in [3.63, 3.8) is 0 Å². The number of ether oxygens (including phenoxy) is 3. The van der Waals surface area contributed by atoms with Crippen molar-refractivity contribution in [1.82, 2.24) is 5.48 Å². The van der Waals surface area contributed by atoms with E-state index in [0.29, 0.717) is 35.8 Å².